The van der Waals surface area contributed by atoms with Gasteiger partial charge in [-0.1, -0.05) is 48.9 Å². The van der Waals surface area contributed by atoms with Crippen molar-refractivity contribution >= 4 is 17.9 Å². The van der Waals surface area contributed by atoms with Gasteiger partial charge in [-0.25, -0.2) is 0 Å². The number of halogens is 5. The predicted octanol–water partition coefficient (Wildman–Crippen LogP) is 8.08. The van der Waals surface area contributed by atoms with Gasteiger partial charge >= 0.3 is 12.1 Å². The number of fused-ring (bicyclic) bond motifs is 4. The van der Waals surface area contributed by atoms with Crippen LogP contribution in [0.2, 0.25) is 0 Å². The summed E-state index contributed by atoms with van der Waals surface area (Å²) in [5.74, 6) is -6.38. The molecule has 6 rings (SSSR count). The van der Waals surface area contributed by atoms with Crippen LogP contribution in [0.4, 0.5) is 22.0 Å². The molecule has 3 nitrogen and oxygen atoms in total. The molecule has 2 aromatic rings. The second-order valence-electron chi connectivity index (χ2n) is 12.2. The highest BCUT2D eigenvalue weighted by Crippen LogP contribution is 2.70. The molecule has 2 fully saturated rings. The van der Waals surface area contributed by atoms with Gasteiger partial charge in [-0.15, -0.1) is 0 Å². The minimum absolute atomic E-state index is 0.0283. The van der Waals surface area contributed by atoms with Crippen molar-refractivity contribution in [3.63, 3.8) is 0 Å². The number of ketones is 1. The summed E-state index contributed by atoms with van der Waals surface area (Å²) in [7, 11) is 0. The Labute approximate surface area is 235 Å². The molecule has 0 saturated heterocycles. The minimum Gasteiger partial charge on any atom is -0.383 e. The number of nitrogens with zero attached hydrogens (tertiary/aromatic N) is 1. The van der Waals surface area contributed by atoms with Crippen LogP contribution in [0.15, 0.2) is 71.5 Å². The average Bonchev–Trinajstić information content (AvgIpc) is 3.23. The smallest absolute Gasteiger partial charge is 0.383 e. The number of allylic oxidation sites excluding steroid dienone is 4. The number of hydrogen-bond donors (Lipinski definition) is 1. The molecule has 2 saturated carbocycles. The van der Waals surface area contributed by atoms with E-state index in [0.29, 0.717) is 25.7 Å². The fraction of sp³-hybridized carbons (Fsp3) is 0.455. The molecule has 4 aliphatic rings. The van der Waals surface area contributed by atoms with Crippen LogP contribution in [0.3, 0.4) is 0 Å². The molecule has 1 aromatic heterocycles. The highest BCUT2D eigenvalue weighted by Gasteiger charge is 2.79. The topological polar surface area (TPSA) is 50.2 Å². The highest BCUT2D eigenvalue weighted by molar-refractivity contribution is 5.93. The first kappa shape index (κ1) is 28.0. The molecule has 2 unspecified atom stereocenters. The number of hydrogen-bond acceptors (Lipinski definition) is 3. The van der Waals surface area contributed by atoms with Crippen molar-refractivity contribution in [2.45, 2.75) is 75.5 Å². The molecule has 0 aliphatic heterocycles. The molecule has 0 spiro atoms. The molecule has 41 heavy (non-hydrogen) atoms. The highest BCUT2D eigenvalue weighted by atomic mass is 19.4. The Hall–Kier alpha value is -3.13. The van der Waals surface area contributed by atoms with Crippen LogP contribution in [-0.2, 0) is 4.79 Å². The average molecular weight is 570 g/mol. The standard InChI is InChI=1S/C33H32F5NO2/c1-30-19-27(21-8-5-20(6-9-21)7-11-23-4-2-3-17-39-23)29-25-14-12-24(40)18-22(25)10-13-26(29)28(30)15-16-31(30,41)32(34,35)33(36,37)38/h2-9,11,17-18,26-28,41H,10,12-16,19H2,1H3/b11-7+/t26?,27-,28?,30+,31+/m1/s1. The van der Waals surface area contributed by atoms with Crippen LogP contribution in [0, 0.1) is 17.3 Å². The lowest BCUT2D eigenvalue weighted by molar-refractivity contribution is -0.362. The number of carbonyl (C=O) groups is 1. The lowest BCUT2D eigenvalue weighted by Gasteiger charge is -2.56. The normalized spacial score (nSPS) is 32.0. The third kappa shape index (κ3) is 4.32. The SMILES string of the molecule is C[C@]12C[C@H](c3ccc(/C=C/c4ccccn4)cc3)C3=C4CCC(=O)C=C4CCC3C1CC[C@@]2(O)C(F)(F)C(F)(F)F. The fourth-order valence-corrected chi connectivity index (χ4v) is 8.21. The van der Waals surface area contributed by atoms with Gasteiger partial charge in [0.1, 0.15) is 5.60 Å². The summed E-state index contributed by atoms with van der Waals surface area (Å²) < 4.78 is 71.5. The van der Waals surface area contributed by atoms with Crippen LogP contribution < -0.4 is 0 Å². The van der Waals surface area contributed by atoms with E-state index in [1.165, 1.54) is 6.92 Å². The van der Waals surface area contributed by atoms with Crippen LogP contribution in [0.25, 0.3) is 12.2 Å². The first-order chi connectivity index (χ1) is 19.4. The van der Waals surface area contributed by atoms with Crippen molar-refractivity contribution in [2.75, 3.05) is 0 Å². The summed E-state index contributed by atoms with van der Waals surface area (Å²) in [6.45, 7) is 1.44. The van der Waals surface area contributed by atoms with Gasteiger partial charge in [-0.2, -0.15) is 22.0 Å². The predicted molar refractivity (Wildman–Crippen MR) is 146 cm³/mol. The third-order valence-corrected chi connectivity index (χ3v) is 10.2. The van der Waals surface area contributed by atoms with Crippen molar-refractivity contribution in [1.29, 1.82) is 0 Å². The third-order valence-electron chi connectivity index (χ3n) is 10.2. The Morgan fingerprint density at radius 2 is 1.73 bits per heavy atom. The molecule has 0 amide bonds. The lowest BCUT2D eigenvalue weighted by Crippen LogP contribution is -2.65. The van der Waals surface area contributed by atoms with Crippen molar-refractivity contribution in [3.8, 4) is 0 Å². The van der Waals surface area contributed by atoms with Gasteiger partial charge in [0.25, 0.3) is 0 Å². The Morgan fingerprint density at radius 3 is 2.41 bits per heavy atom. The first-order valence-corrected chi connectivity index (χ1v) is 14.2. The lowest BCUT2D eigenvalue weighted by atomic mass is 9.50. The Bertz CT molecular complexity index is 1440. The second kappa shape index (κ2) is 9.72. The molecule has 5 atom stereocenters. The van der Waals surface area contributed by atoms with Crippen molar-refractivity contribution in [2.24, 2.45) is 17.3 Å². The maximum atomic E-state index is 15.1. The first-order valence-electron chi connectivity index (χ1n) is 14.2. The number of aromatic nitrogens is 1. The number of carbonyl (C=O) groups excluding carboxylic acids is 1. The number of benzene rings is 1. The minimum atomic E-state index is -5.86. The number of aliphatic hydroxyl groups is 1. The van der Waals surface area contributed by atoms with E-state index in [9.17, 15) is 23.1 Å². The van der Waals surface area contributed by atoms with E-state index < -0.39 is 41.4 Å². The van der Waals surface area contributed by atoms with Crippen LogP contribution >= 0.6 is 0 Å². The van der Waals surface area contributed by atoms with E-state index in [1.807, 2.05) is 54.6 Å². The van der Waals surface area contributed by atoms with Crippen LogP contribution in [0.5, 0.6) is 0 Å². The summed E-state index contributed by atoms with van der Waals surface area (Å²) >= 11 is 0. The number of pyridine rings is 1. The fourth-order valence-electron chi connectivity index (χ4n) is 8.21. The maximum Gasteiger partial charge on any atom is 0.456 e. The van der Waals surface area contributed by atoms with E-state index in [0.717, 1.165) is 33.5 Å². The molecular weight excluding hydrogens is 537 g/mol. The summed E-state index contributed by atoms with van der Waals surface area (Å²) in [6.07, 6.45) is 2.81. The number of rotatable bonds is 4. The molecule has 0 bridgehead atoms. The largest absolute Gasteiger partial charge is 0.456 e. The Balaban J connectivity index is 1.44. The van der Waals surface area contributed by atoms with E-state index in [2.05, 4.69) is 4.98 Å². The van der Waals surface area contributed by atoms with Gasteiger partial charge in [0.05, 0.1) is 5.69 Å². The van der Waals surface area contributed by atoms with E-state index in [-0.39, 0.29) is 24.5 Å². The van der Waals surface area contributed by atoms with E-state index in [1.54, 1.807) is 12.3 Å². The van der Waals surface area contributed by atoms with Crippen molar-refractivity contribution in [1.82, 2.24) is 4.98 Å². The van der Waals surface area contributed by atoms with Gasteiger partial charge in [0, 0.05) is 24.0 Å². The van der Waals surface area contributed by atoms with Gasteiger partial charge in [-0.05, 0) is 96.9 Å². The Kier molecular flexibility index (Phi) is 6.64. The zero-order chi connectivity index (χ0) is 29.2. The number of alkyl halides is 5. The molecule has 1 heterocycles. The monoisotopic (exact) mass is 569 g/mol. The van der Waals surface area contributed by atoms with E-state index in [4.69, 9.17) is 0 Å². The molecule has 4 aliphatic carbocycles. The van der Waals surface area contributed by atoms with Gasteiger partial charge < -0.3 is 5.11 Å². The molecule has 0 radical (unpaired) electrons. The van der Waals surface area contributed by atoms with Crippen LogP contribution in [0.1, 0.15) is 74.6 Å². The summed E-state index contributed by atoms with van der Waals surface area (Å²) in [5, 5.41) is 11.4. The maximum absolute atomic E-state index is 15.1. The zero-order valence-corrected chi connectivity index (χ0v) is 22.7. The van der Waals surface area contributed by atoms with Crippen LogP contribution in [-0.4, -0.2) is 33.6 Å². The van der Waals surface area contributed by atoms with Crippen molar-refractivity contribution < 1.29 is 31.9 Å². The van der Waals surface area contributed by atoms with Crippen molar-refractivity contribution in [3.05, 3.63) is 88.3 Å². The molecular formula is C33H32F5NO2. The zero-order valence-electron chi connectivity index (χ0n) is 22.7. The molecule has 1 aromatic carbocycles. The molecule has 1 N–H and O–H groups in total. The second-order valence-corrected chi connectivity index (χ2v) is 12.2. The summed E-state index contributed by atoms with van der Waals surface area (Å²) in [6, 6.07) is 13.2. The molecule has 216 valence electrons. The summed E-state index contributed by atoms with van der Waals surface area (Å²) in [4.78, 5) is 16.5. The van der Waals surface area contributed by atoms with Gasteiger partial charge in [-0.3, -0.25) is 9.78 Å². The summed E-state index contributed by atoms with van der Waals surface area (Å²) in [5.41, 5.74) is 0.716. The Morgan fingerprint density at radius 1 is 0.976 bits per heavy atom. The van der Waals surface area contributed by atoms with Gasteiger partial charge in [0.15, 0.2) is 5.78 Å². The quantitative estimate of drug-likeness (QED) is 0.379. The van der Waals surface area contributed by atoms with Gasteiger partial charge in [0.2, 0.25) is 0 Å². The molecule has 8 heteroatoms. The van der Waals surface area contributed by atoms with E-state index >= 15 is 8.78 Å².